The molecule has 2 aromatic carbocycles. The Labute approximate surface area is 188 Å². The second kappa shape index (κ2) is 8.89. The van der Waals surface area contributed by atoms with E-state index < -0.39 is 0 Å². The number of anilines is 1. The van der Waals surface area contributed by atoms with Gasteiger partial charge in [-0.1, -0.05) is 33.6 Å². The van der Waals surface area contributed by atoms with Crippen LogP contribution in [0.3, 0.4) is 0 Å². The Bertz CT molecular complexity index is 1160. The molecule has 2 amide bonds. The van der Waals surface area contributed by atoms with Crippen molar-refractivity contribution in [2.45, 2.75) is 33.1 Å². The summed E-state index contributed by atoms with van der Waals surface area (Å²) in [4.78, 5) is 25.2. The number of aryl methyl sites for hydroxylation is 2. The second-order valence-corrected chi connectivity index (χ2v) is 8.45. The molecule has 3 aromatic rings. The molecule has 7 heteroatoms. The molecule has 0 unspecified atom stereocenters. The highest BCUT2D eigenvalue weighted by Crippen LogP contribution is 2.30. The first-order chi connectivity index (χ1) is 14.9. The Hall–Kier alpha value is -3.19. The van der Waals surface area contributed by atoms with E-state index in [1.807, 2.05) is 38.1 Å². The van der Waals surface area contributed by atoms with Crippen molar-refractivity contribution in [1.29, 1.82) is 0 Å². The van der Waals surface area contributed by atoms with Crippen molar-refractivity contribution in [2.24, 2.45) is 5.10 Å². The topological polar surface area (TPSA) is 83.7 Å². The van der Waals surface area contributed by atoms with Gasteiger partial charge in [-0.25, -0.2) is 5.43 Å². The summed E-state index contributed by atoms with van der Waals surface area (Å²) in [5.41, 5.74) is 7.25. The highest BCUT2D eigenvalue weighted by atomic mass is 79.9. The van der Waals surface area contributed by atoms with E-state index in [2.05, 4.69) is 31.8 Å². The molecular weight excluding hydrogens is 458 g/mol. The molecule has 2 N–H and O–H groups in total. The third-order valence-electron chi connectivity index (χ3n) is 5.24. The minimum atomic E-state index is -0.297. The smallest absolute Gasteiger partial charge is 0.291 e. The van der Waals surface area contributed by atoms with Crippen molar-refractivity contribution in [2.75, 3.05) is 5.32 Å². The normalized spacial score (nSPS) is 14.2. The third kappa shape index (κ3) is 4.61. The van der Waals surface area contributed by atoms with E-state index in [1.165, 1.54) is 0 Å². The Balaban J connectivity index is 1.55. The Kier molecular flexibility index (Phi) is 6.04. The minimum absolute atomic E-state index is 0.277. The van der Waals surface area contributed by atoms with Gasteiger partial charge in [0, 0.05) is 33.3 Å². The molecular formula is C24H22BrN3O3. The highest BCUT2D eigenvalue weighted by Gasteiger charge is 2.28. The van der Waals surface area contributed by atoms with E-state index in [9.17, 15) is 9.59 Å². The van der Waals surface area contributed by atoms with Crippen LogP contribution in [0.15, 0.2) is 62.5 Å². The molecule has 1 aliphatic carbocycles. The molecule has 4 rings (SSSR count). The number of nitrogens with zero attached hydrogens (tertiary/aromatic N) is 1. The summed E-state index contributed by atoms with van der Waals surface area (Å²) in [5, 5.41) is 7.24. The van der Waals surface area contributed by atoms with Crippen LogP contribution in [-0.2, 0) is 6.42 Å². The summed E-state index contributed by atoms with van der Waals surface area (Å²) >= 11 is 3.36. The summed E-state index contributed by atoms with van der Waals surface area (Å²) in [6.45, 7) is 3.84. The monoisotopic (exact) mass is 479 g/mol. The number of rotatable bonds is 4. The predicted molar refractivity (Wildman–Crippen MR) is 124 cm³/mol. The summed E-state index contributed by atoms with van der Waals surface area (Å²) in [6, 6.07) is 14.7. The molecule has 0 radical (unpaired) electrons. The number of hydrogen-bond acceptors (Lipinski definition) is 4. The van der Waals surface area contributed by atoms with Crippen molar-refractivity contribution in [3.8, 4) is 0 Å². The van der Waals surface area contributed by atoms with Crippen LogP contribution in [0.2, 0.25) is 0 Å². The summed E-state index contributed by atoms with van der Waals surface area (Å²) in [5.74, 6) is 0.425. The number of carbonyl (C=O) groups is 2. The van der Waals surface area contributed by atoms with Gasteiger partial charge in [-0.3, -0.25) is 9.59 Å². The van der Waals surface area contributed by atoms with Crippen LogP contribution in [0.1, 0.15) is 56.2 Å². The molecule has 1 heterocycles. The van der Waals surface area contributed by atoms with Crippen molar-refractivity contribution in [3.05, 3.63) is 86.8 Å². The van der Waals surface area contributed by atoms with Crippen LogP contribution in [-0.4, -0.2) is 17.5 Å². The second-order valence-electron chi connectivity index (χ2n) is 7.53. The van der Waals surface area contributed by atoms with E-state index in [-0.39, 0.29) is 17.6 Å². The number of halogens is 1. The van der Waals surface area contributed by atoms with Crippen LogP contribution in [0.25, 0.3) is 0 Å². The van der Waals surface area contributed by atoms with Crippen molar-refractivity contribution >= 4 is 39.1 Å². The molecule has 1 aliphatic rings. The zero-order chi connectivity index (χ0) is 22.0. The summed E-state index contributed by atoms with van der Waals surface area (Å²) < 4.78 is 6.82. The SMILES string of the molecule is Cc1ccc(NC(=O)c2oc3c(c2C)/C(=N/NC(=O)c2ccc(Br)cc2)CCC3)cc1. The average molecular weight is 480 g/mol. The number of amides is 2. The number of fused-ring (bicyclic) bond motifs is 1. The minimum Gasteiger partial charge on any atom is -0.455 e. The average Bonchev–Trinajstić information content (AvgIpc) is 3.11. The van der Waals surface area contributed by atoms with Gasteiger partial charge < -0.3 is 9.73 Å². The van der Waals surface area contributed by atoms with Crippen LogP contribution in [0.5, 0.6) is 0 Å². The Morgan fingerprint density at radius 3 is 2.39 bits per heavy atom. The van der Waals surface area contributed by atoms with Crippen LogP contribution < -0.4 is 10.7 Å². The fraction of sp³-hybridized carbons (Fsp3) is 0.208. The van der Waals surface area contributed by atoms with Gasteiger partial charge in [0.1, 0.15) is 5.76 Å². The van der Waals surface area contributed by atoms with Gasteiger partial charge in [0.2, 0.25) is 0 Å². The number of hydrogen-bond donors (Lipinski definition) is 2. The number of hydrazone groups is 1. The van der Waals surface area contributed by atoms with Gasteiger partial charge in [-0.2, -0.15) is 5.10 Å². The van der Waals surface area contributed by atoms with Gasteiger partial charge in [-0.05, 0) is 63.1 Å². The van der Waals surface area contributed by atoms with E-state index in [0.29, 0.717) is 17.7 Å². The van der Waals surface area contributed by atoms with Crippen molar-refractivity contribution in [1.82, 2.24) is 5.43 Å². The molecule has 6 nitrogen and oxygen atoms in total. The fourth-order valence-corrected chi connectivity index (χ4v) is 3.87. The van der Waals surface area contributed by atoms with Crippen LogP contribution >= 0.6 is 15.9 Å². The standard InChI is InChI=1S/C24H22BrN3O3/c1-14-6-12-18(13-7-14)26-24(30)22-15(2)21-19(4-3-5-20(21)31-22)27-28-23(29)16-8-10-17(25)11-9-16/h6-13H,3-5H2,1-2H3,(H,26,30)(H,28,29)/b27-19+. The maximum absolute atomic E-state index is 12.8. The van der Waals surface area contributed by atoms with Crippen molar-refractivity contribution in [3.63, 3.8) is 0 Å². The molecule has 31 heavy (non-hydrogen) atoms. The zero-order valence-electron chi connectivity index (χ0n) is 17.3. The van der Waals surface area contributed by atoms with Gasteiger partial charge in [0.05, 0.1) is 5.71 Å². The molecule has 0 saturated carbocycles. The summed E-state index contributed by atoms with van der Waals surface area (Å²) in [7, 11) is 0. The van der Waals surface area contributed by atoms with E-state index in [4.69, 9.17) is 4.42 Å². The lowest BCUT2D eigenvalue weighted by Gasteiger charge is -2.13. The van der Waals surface area contributed by atoms with Gasteiger partial charge in [0.25, 0.3) is 11.8 Å². The van der Waals surface area contributed by atoms with Gasteiger partial charge in [-0.15, -0.1) is 0 Å². The largest absolute Gasteiger partial charge is 0.455 e. The number of carbonyl (C=O) groups excluding carboxylic acids is 2. The van der Waals surface area contributed by atoms with E-state index in [0.717, 1.165) is 45.5 Å². The molecule has 0 bridgehead atoms. The predicted octanol–water partition coefficient (Wildman–Crippen LogP) is 5.38. The first-order valence-electron chi connectivity index (χ1n) is 10.1. The van der Waals surface area contributed by atoms with Gasteiger partial charge >= 0.3 is 0 Å². The molecule has 0 aliphatic heterocycles. The number of benzene rings is 2. The Morgan fingerprint density at radius 1 is 0.968 bits per heavy atom. The number of nitrogens with one attached hydrogen (secondary N) is 2. The Morgan fingerprint density at radius 2 is 1.68 bits per heavy atom. The number of furan rings is 1. The quantitative estimate of drug-likeness (QED) is 0.492. The molecule has 0 spiro atoms. The fourth-order valence-electron chi connectivity index (χ4n) is 3.61. The van der Waals surface area contributed by atoms with Crippen LogP contribution in [0, 0.1) is 13.8 Å². The van der Waals surface area contributed by atoms with Crippen molar-refractivity contribution < 1.29 is 14.0 Å². The lowest BCUT2D eigenvalue weighted by molar-refractivity contribution is 0.0953. The van der Waals surface area contributed by atoms with E-state index in [1.54, 1.807) is 24.3 Å². The lowest BCUT2D eigenvalue weighted by Crippen LogP contribution is -2.22. The maximum atomic E-state index is 12.8. The summed E-state index contributed by atoms with van der Waals surface area (Å²) in [6.07, 6.45) is 2.27. The third-order valence-corrected chi connectivity index (χ3v) is 5.77. The lowest BCUT2D eigenvalue weighted by atomic mass is 9.93. The molecule has 0 fully saturated rings. The van der Waals surface area contributed by atoms with E-state index >= 15 is 0 Å². The molecule has 0 atom stereocenters. The van der Waals surface area contributed by atoms with Gasteiger partial charge in [0.15, 0.2) is 5.76 Å². The zero-order valence-corrected chi connectivity index (χ0v) is 18.9. The first-order valence-corrected chi connectivity index (χ1v) is 10.8. The molecule has 158 valence electrons. The van der Waals surface area contributed by atoms with Crippen LogP contribution in [0.4, 0.5) is 5.69 Å². The molecule has 1 aromatic heterocycles. The highest BCUT2D eigenvalue weighted by molar-refractivity contribution is 9.10. The maximum Gasteiger partial charge on any atom is 0.291 e. The first kappa shape index (κ1) is 21.1. The molecule has 0 saturated heterocycles.